The average Bonchev–Trinajstić information content (AvgIpc) is 3.20. The third-order valence-electron chi connectivity index (χ3n) is 4.91. The number of carbonyl (C=O) groups excluding carboxylic acids is 1. The van der Waals surface area contributed by atoms with Crippen LogP contribution in [0.2, 0.25) is 0 Å². The van der Waals surface area contributed by atoms with E-state index in [1.807, 2.05) is 42.5 Å². The maximum absolute atomic E-state index is 13.0. The van der Waals surface area contributed by atoms with Gasteiger partial charge in [-0.15, -0.1) is 11.8 Å². The lowest BCUT2D eigenvalue weighted by Crippen LogP contribution is -2.32. The first kappa shape index (κ1) is 18.4. The van der Waals surface area contributed by atoms with Crippen molar-refractivity contribution in [1.29, 1.82) is 0 Å². The van der Waals surface area contributed by atoms with E-state index in [1.54, 1.807) is 23.5 Å². The maximum Gasteiger partial charge on any atom is 0.252 e. The van der Waals surface area contributed by atoms with Gasteiger partial charge in [0.15, 0.2) is 0 Å². The zero-order chi connectivity index (χ0) is 18.6. The van der Waals surface area contributed by atoms with Crippen molar-refractivity contribution in [2.45, 2.75) is 46.5 Å². The molecule has 1 aliphatic rings. The molecule has 1 saturated carbocycles. The second kappa shape index (κ2) is 8.36. The number of nitrogens with one attached hydrogen (secondary N) is 1. The Morgan fingerprint density at radius 3 is 2.52 bits per heavy atom. The Labute approximate surface area is 168 Å². The summed E-state index contributed by atoms with van der Waals surface area (Å²) < 4.78 is 0. The molecule has 2 aromatic carbocycles. The third-order valence-corrected chi connectivity index (χ3v) is 6.83. The molecule has 1 fully saturated rings. The number of carbonyl (C=O) groups is 1. The molecule has 3 nitrogen and oxygen atoms in total. The molecule has 0 atom stereocenters. The number of rotatable bonds is 5. The summed E-state index contributed by atoms with van der Waals surface area (Å²) in [5, 5.41) is 4.99. The molecule has 0 aliphatic heterocycles. The molecule has 0 spiro atoms. The van der Waals surface area contributed by atoms with Crippen molar-refractivity contribution in [2.24, 2.45) is 0 Å². The predicted molar refractivity (Wildman–Crippen MR) is 114 cm³/mol. The summed E-state index contributed by atoms with van der Waals surface area (Å²) in [5.41, 5.74) is 1.58. The molecule has 1 heterocycles. The van der Waals surface area contributed by atoms with Crippen LogP contribution in [-0.4, -0.2) is 23.2 Å². The van der Waals surface area contributed by atoms with Gasteiger partial charge in [-0.1, -0.05) is 54.9 Å². The molecule has 1 aromatic heterocycles. The van der Waals surface area contributed by atoms with Gasteiger partial charge in [0.25, 0.3) is 5.91 Å². The molecule has 3 aromatic rings. The first-order valence-electron chi connectivity index (χ1n) is 9.26. The normalized spacial score (nSPS) is 14.6. The number of hydrogen-bond acceptors (Lipinski definition) is 4. The van der Waals surface area contributed by atoms with Crippen LogP contribution in [0.25, 0.3) is 10.9 Å². The maximum atomic E-state index is 13.0. The summed E-state index contributed by atoms with van der Waals surface area (Å²) in [5.74, 6) is 0.0144. The van der Waals surface area contributed by atoms with E-state index in [2.05, 4.69) is 23.7 Å². The van der Waals surface area contributed by atoms with Crippen molar-refractivity contribution in [3.05, 3.63) is 60.2 Å². The number of aromatic nitrogens is 1. The van der Waals surface area contributed by atoms with Gasteiger partial charge in [0, 0.05) is 21.2 Å². The van der Waals surface area contributed by atoms with Crippen molar-refractivity contribution in [1.82, 2.24) is 10.3 Å². The second-order valence-corrected chi connectivity index (χ2v) is 8.64. The number of hydrogen-bond donors (Lipinski definition) is 1. The van der Waals surface area contributed by atoms with Crippen molar-refractivity contribution in [3.63, 3.8) is 0 Å². The van der Waals surface area contributed by atoms with Crippen LogP contribution < -0.4 is 5.32 Å². The predicted octanol–water partition coefficient (Wildman–Crippen LogP) is 5.78. The highest BCUT2D eigenvalue weighted by atomic mass is 32.2. The minimum absolute atomic E-state index is 0.0144. The Hall–Kier alpha value is -1.98. The number of benzene rings is 2. The van der Waals surface area contributed by atoms with Crippen LogP contribution in [-0.2, 0) is 0 Å². The van der Waals surface area contributed by atoms with Crippen LogP contribution >= 0.6 is 23.5 Å². The minimum Gasteiger partial charge on any atom is -0.349 e. The van der Waals surface area contributed by atoms with Crippen molar-refractivity contribution in [2.75, 3.05) is 6.26 Å². The van der Waals surface area contributed by atoms with E-state index in [1.165, 1.54) is 17.7 Å². The minimum atomic E-state index is 0.0144. The molecule has 138 valence electrons. The molecule has 1 amide bonds. The SMILES string of the molecule is CSc1ccccc1Sc1cc(C(=O)NC2CCCC2)c2ccccc2n1. The highest BCUT2D eigenvalue weighted by Gasteiger charge is 2.20. The van der Waals surface area contributed by atoms with Gasteiger partial charge in [0.2, 0.25) is 0 Å². The molecule has 4 rings (SSSR count). The Morgan fingerprint density at radius 1 is 1.04 bits per heavy atom. The van der Waals surface area contributed by atoms with E-state index in [0.717, 1.165) is 39.2 Å². The fourth-order valence-corrected chi connectivity index (χ4v) is 5.26. The Kier molecular flexibility index (Phi) is 5.69. The lowest BCUT2D eigenvalue weighted by Gasteiger charge is -2.14. The third kappa shape index (κ3) is 4.14. The lowest BCUT2D eigenvalue weighted by molar-refractivity contribution is 0.0939. The number of amides is 1. The van der Waals surface area contributed by atoms with Gasteiger partial charge in [-0.3, -0.25) is 4.79 Å². The molecular formula is C22H22N2OS2. The largest absolute Gasteiger partial charge is 0.349 e. The van der Waals surface area contributed by atoms with Crippen molar-refractivity contribution >= 4 is 40.3 Å². The molecule has 5 heteroatoms. The second-order valence-electron chi connectivity index (χ2n) is 6.73. The zero-order valence-corrected chi connectivity index (χ0v) is 16.9. The topological polar surface area (TPSA) is 42.0 Å². The van der Waals surface area contributed by atoms with Gasteiger partial charge in [0.1, 0.15) is 5.03 Å². The molecule has 0 saturated heterocycles. The van der Waals surface area contributed by atoms with Crippen LogP contribution in [0.4, 0.5) is 0 Å². The summed E-state index contributed by atoms with van der Waals surface area (Å²) in [7, 11) is 0. The fraction of sp³-hybridized carbons (Fsp3) is 0.273. The van der Waals surface area contributed by atoms with E-state index < -0.39 is 0 Å². The van der Waals surface area contributed by atoms with Crippen LogP contribution in [0.3, 0.4) is 0 Å². The fourth-order valence-electron chi connectivity index (χ4n) is 3.54. The van der Waals surface area contributed by atoms with E-state index in [0.29, 0.717) is 6.04 Å². The highest BCUT2D eigenvalue weighted by Crippen LogP contribution is 2.35. The molecule has 1 aliphatic carbocycles. The molecule has 0 radical (unpaired) electrons. The average molecular weight is 395 g/mol. The summed E-state index contributed by atoms with van der Waals surface area (Å²) in [6, 6.07) is 18.4. The summed E-state index contributed by atoms with van der Waals surface area (Å²) in [6.07, 6.45) is 6.64. The van der Waals surface area contributed by atoms with Crippen molar-refractivity contribution < 1.29 is 4.79 Å². The highest BCUT2D eigenvalue weighted by molar-refractivity contribution is 8.02. The summed E-state index contributed by atoms with van der Waals surface area (Å²) in [6.45, 7) is 0. The Balaban J connectivity index is 1.70. The van der Waals surface area contributed by atoms with Crippen LogP contribution in [0.5, 0.6) is 0 Å². The molecule has 27 heavy (non-hydrogen) atoms. The Bertz CT molecular complexity index is 967. The lowest BCUT2D eigenvalue weighted by atomic mass is 10.1. The smallest absolute Gasteiger partial charge is 0.252 e. The van der Waals surface area contributed by atoms with Gasteiger partial charge in [-0.05, 0) is 43.4 Å². The summed E-state index contributed by atoms with van der Waals surface area (Å²) in [4.78, 5) is 20.2. The number of pyridine rings is 1. The van der Waals surface area contributed by atoms with Gasteiger partial charge < -0.3 is 5.32 Å². The van der Waals surface area contributed by atoms with Gasteiger partial charge in [-0.25, -0.2) is 4.98 Å². The first-order chi connectivity index (χ1) is 13.2. The molecule has 1 N–H and O–H groups in total. The van der Waals surface area contributed by atoms with Crippen LogP contribution in [0, 0.1) is 0 Å². The Morgan fingerprint density at radius 2 is 1.74 bits per heavy atom. The molecule has 0 bridgehead atoms. The van der Waals surface area contributed by atoms with E-state index in [9.17, 15) is 4.79 Å². The van der Waals surface area contributed by atoms with Gasteiger partial charge >= 0.3 is 0 Å². The van der Waals surface area contributed by atoms with Gasteiger partial charge in [0.05, 0.1) is 11.1 Å². The van der Waals surface area contributed by atoms with Crippen LogP contribution in [0.15, 0.2) is 69.4 Å². The monoisotopic (exact) mass is 394 g/mol. The molecule has 0 unspecified atom stereocenters. The van der Waals surface area contributed by atoms with Crippen LogP contribution in [0.1, 0.15) is 36.0 Å². The number of fused-ring (bicyclic) bond motifs is 1. The first-order valence-corrected chi connectivity index (χ1v) is 11.3. The number of thioether (sulfide) groups is 1. The van der Waals surface area contributed by atoms with E-state index in [4.69, 9.17) is 4.98 Å². The standard InChI is InChI=1S/C22H22N2OS2/c1-26-19-12-6-7-13-20(19)27-21-14-17(16-10-4-5-11-18(16)24-21)22(25)23-15-8-2-3-9-15/h4-7,10-15H,2-3,8-9H2,1H3,(H,23,25). The van der Waals surface area contributed by atoms with E-state index >= 15 is 0 Å². The van der Waals surface area contributed by atoms with Crippen molar-refractivity contribution in [3.8, 4) is 0 Å². The number of nitrogens with zero attached hydrogens (tertiary/aromatic N) is 1. The van der Waals surface area contributed by atoms with Gasteiger partial charge in [-0.2, -0.15) is 0 Å². The van der Waals surface area contributed by atoms with E-state index in [-0.39, 0.29) is 5.91 Å². The summed E-state index contributed by atoms with van der Waals surface area (Å²) >= 11 is 3.34. The zero-order valence-electron chi connectivity index (χ0n) is 15.3. The quantitative estimate of drug-likeness (QED) is 0.557. The number of para-hydroxylation sites is 1. The molecular weight excluding hydrogens is 372 g/mol.